The lowest BCUT2D eigenvalue weighted by Gasteiger charge is -2.09. The quantitative estimate of drug-likeness (QED) is 0.676. The number of ether oxygens (including phenoxy) is 1. The van der Waals surface area contributed by atoms with Crippen molar-refractivity contribution in [3.63, 3.8) is 0 Å². The van der Waals surface area contributed by atoms with Crippen molar-refractivity contribution in [2.45, 2.75) is 24.3 Å². The van der Waals surface area contributed by atoms with E-state index in [1.54, 1.807) is 12.1 Å². The van der Waals surface area contributed by atoms with Crippen molar-refractivity contribution < 1.29 is 13.2 Å². The summed E-state index contributed by atoms with van der Waals surface area (Å²) in [5.74, 6) is 0.681. The third-order valence-corrected chi connectivity index (χ3v) is 5.10. The number of nitrogens with one attached hydrogen (secondary N) is 2. The SMILES string of the molecule is CNCc1ccc(S(=O)(=O)NCCOCC2CC2)cc1Cl. The zero-order valence-electron chi connectivity index (χ0n) is 12.1. The van der Waals surface area contributed by atoms with Crippen molar-refractivity contribution in [3.8, 4) is 0 Å². The van der Waals surface area contributed by atoms with E-state index in [9.17, 15) is 8.42 Å². The number of halogens is 1. The summed E-state index contributed by atoms with van der Waals surface area (Å²) in [7, 11) is -1.72. The molecule has 1 aromatic rings. The van der Waals surface area contributed by atoms with Crippen LogP contribution in [0.2, 0.25) is 5.02 Å². The van der Waals surface area contributed by atoms with Gasteiger partial charge in [0.1, 0.15) is 0 Å². The number of hydrogen-bond acceptors (Lipinski definition) is 4. The summed E-state index contributed by atoms with van der Waals surface area (Å²) in [5.41, 5.74) is 0.867. The van der Waals surface area contributed by atoms with Gasteiger partial charge in [-0.2, -0.15) is 0 Å². The van der Waals surface area contributed by atoms with Gasteiger partial charge in [0.15, 0.2) is 0 Å². The average molecular weight is 333 g/mol. The minimum atomic E-state index is -3.53. The number of sulfonamides is 1. The molecule has 1 aromatic carbocycles. The number of rotatable bonds is 9. The molecule has 0 unspecified atom stereocenters. The highest BCUT2D eigenvalue weighted by Crippen LogP contribution is 2.28. The first-order valence-electron chi connectivity index (χ1n) is 7.03. The maximum atomic E-state index is 12.1. The van der Waals surface area contributed by atoms with E-state index in [2.05, 4.69) is 10.0 Å². The Kier molecular flexibility index (Phi) is 6.01. The molecule has 0 spiro atoms. The summed E-state index contributed by atoms with van der Waals surface area (Å²) in [6.07, 6.45) is 2.45. The molecular formula is C14H21ClN2O3S. The summed E-state index contributed by atoms with van der Waals surface area (Å²) in [5, 5.41) is 3.42. The number of benzene rings is 1. The van der Waals surface area contributed by atoms with Gasteiger partial charge in [-0.25, -0.2) is 13.1 Å². The predicted octanol–water partition coefficient (Wildman–Crippen LogP) is 1.76. The summed E-state index contributed by atoms with van der Waals surface area (Å²) in [6.45, 7) is 1.99. The fraction of sp³-hybridized carbons (Fsp3) is 0.571. The molecule has 0 amide bonds. The zero-order chi connectivity index (χ0) is 15.3. The van der Waals surface area contributed by atoms with Gasteiger partial charge < -0.3 is 10.1 Å². The lowest BCUT2D eigenvalue weighted by molar-refractivity contribution is 0.129. The van der Waals surface area contributed by atoms with Crippen molar-refractivity contribution in [2.75, 3.05) is 26.8 Å². The molecule has 5 nitrogen and oxygen atoms in total. The van der Waals surface area contributed by atoms with Crippen molar-refractivity contribution in [1.82, 2.24) is 10.0 Å². The third kappa shape index (κ3) is 5.23. The molecule has 0 bridgehead atoms. The Labute approximate surface area is 131 Å². The van der Waals surface area contributed by atoms with E-state index in [0.717, 1.165) is 12.2 Å². The summed E-state index contributed by atoms with van der Waals surface area (Å²) in [6, 6.07) is 4.75. The fourth-order valence-corrected chi connectivity index (χ4v) is 3.25. The average Bonchev–Trinajstić information content (AvgIpc) is 3.25. The van der Waals surface area contributed by atoms with Crippen molar-refractivity contribution in [3.05, 3.63) is 28.8 Å². The second kappa shape index (κ2) is 7.56. The Balaban J connectivity index is 1.86. The predicted molar refractivity (Wildman–Crippen MR) is 82.9 cm³/mol. The summed E-state index contributed by atoms with van der Waals surface area (Å²) >= 11 is 6.08. The van der Waals surface area contributed by atoms with Crippen molar-refractivity contribution >= 4 is 21.6 Å². The van der Waals surface area contributed by atoms with E-state index in [4.69, 9.17) is 16.3 Å². The second-order valence-electron chi connectivity index (χ2n) is 5.20. The molecule has 2 rings (SSSR count). The molecule has 0 atom stereocenters. The first-order valence-corrected chi connectivity index (χ1v) is 8.89. The van der Waals surface area contributed by atoms with Gasteiger partial charge in [0.25, 0.3) is 0 Å². The normalized spacial score (nSPS) is 15.3. The molecule has 7 heteroatoms. The highest BCUT2D eigenvalue weighted by Gasteiger charge is 2.21. The van der Waals surface area contributed by atoms with Gasteiger partial charge in [-0.3, -0.25) is 0 Å². The second-order valence-corrected chi connectivity index (χ2v) is 7.37. The minimum Gasteiger partial charge on any atom is -0.380 e. The first-order chi connectivity index (χ1) is 10.0. The van der Waals surface area contributed by atoms with Gasteiger partial charge in [0.05, 0.1) is 11.5 Å². The van der Waals surface area contributed by atoms with Gasteiger partial charge in [0, 0.05) is 24.7 Å². The Morgan fingerprint density at radius 2 is 2.14 bits per heavy atom. The topological polar surface area (TPSA) is 67.4 Å². The van der Waals surface area contributed by atoms with Gasteiger partial charge in [-0.05, 0) is 43.5 Å². The number of hydrogen-bond donors (Lipinski definition) is 2. The van der Waals surface area contributed by atoms with E-state index >= 15 is 0 Å². The third-order valence-electron chi connectivity index (χ3n) is 3.29. The smallest absolute Gasteiger partial charge is 0.240 e. The van der Waals surface area contributed by atoms with Gasteiger partial charge in [-0.1, -0.05) is 17.7 Å². The van der Waals surface area contributed by atoms with Crippen LogP contribution in [0.15, 0.2) is 23.1 Å². The van der Waals surface area contributed by atoms with E-state index in [1.165, 1.54) is 18.9 Å². The molecular weight excluding hydrogens is 312 g/mol. The summed E-state index contributed by atoms with van der Waals surface area (Å²) < 4.78 is 32.2. The van der Waals surface area contributed by atoms with E-state index < -0.39 is 10.0 Å². The molecule has 0 saturated heterocycles. The van der Waals surface area contributed by atoms with Crippen LogP contribution in [-0.4, -0.2) is 35.2 Å². The van der Waals surface area contributed by atoms with Crippen LogP contribution in [0, 0.1) is 5.92 Å². The van der Waals surface area contributed by atoms with E-state index in [-0.39, 0.29) is 11.4 Å². The van der Waals surface area contributed by atoms with E-state index in [0.29, 0.717) is 24.1 Å². The molecule has 0 aliphatic heterocycles. The Bertz CT molecular complexity index is 574. The molecule has 1 saturated carbocycles. The largest absolute Gasteiger partial charge is 0.380 e. The highest BCUT2D eigenvalue weighted by atomic mass is 35.5. The molecule has 0 aromatic heterocycles. The molecule has 1 aliphatic carbocycles. The monoisotopic (exact) mass is 332 g/mol. The van der Waals surface area contributed by atoms with Crippen LogP contribution in [0.1, 0.15) is 18.4 Å². The van der Waals surface area contributed by atoms with E-state index in [1.807, 2.05) is 7.05 Å². The standard InChI is InChI=1S/C14H21ClN2O3S/c1-16-9-12-4-5-13(8-14(12)15)21(18,19)17-6-7-20-10-11-2-3-11/h4-5,8,11,16-17H,2-3,6-7,9-10H2,1H3. The highest BCUT2D eigenvalue weighted by molar-refractivity contribution is 7.89. The molecule has 1 aliphatic rings. The zero-order valence-corrected chi connectivity index (χ0v) is 13.6. The Hall–Kier alpha value is -0.660. The lowest BCUT2D eigenvalue weighted by atomic mass is 10.2. The van der Waals surface area contributed by atoms with Crippen LogP contribution < -0.4 is 10.0 Å². The van der Waals surface area contributed by atoms with Crippen LogP contribution in [-0.2, 0) is 21.3 Å². The van der Waals surface area contributed by atoms with Crippen molar-refractivity contribution in [2.24, 2.45) is 5.92 Å². The molecule has 1 fully saturated rings. The molecule has 118 valence electrons. The van der Waals surface area contributed by atoms with Crippen LogP contribution in [0.5, 0.6) is 0 Å². The molecule has 21 heavy (non-hydrogen) atoms. The molecule has 0 heterocycles. The molecule has 0 radical (unpaired) electrons. The van der Waals surface area contributed by atoms with Crippen LogP contribution >= 0.6 is 11.6 Å². The van der Waals surface area contributed by atoms with Crippen LogP contribution in [0.4, 0.5) is 0 Å². The lowest BCUT2D eigenvalue weighted by Crippen LogP contribution is -2.27. The Morgan fingerprint density at radius 1 is 1.38 bits per heavy atom. The van der Waals surface area contributed by atoms with Gasteiger partial charge >= 0.3 is 0 Å². The summed E-state index contributed by atoms with van der Waals surface area (Å²) in [4.78, 5) is 0.176. The van der Waals surface area contributed by atoms with Gasteiger partial charge in [-0.15, -0.1) is 0 Å². The van der Waals surface area contributed by atoms with Crippen molar-refractivity contribution in [1.29, 1.82) is 0 Å². The van der Waals surface area contributed by atoms with Crippen LogP contribution in [0.25, 0.3) is 0 Å². The maximum Gasteiger partial charge on any atom is 0.240 e. The minimum absolute atomic E-state index is 0.176. The fourth-order valence-electron chi connectivity index (χ4n) is 1.90. The van der Waals surface area contributed by atoms with Gasteiger partial charge in [0.2, 0.25) is 10.0 Å². The first kappa shape index (κ1) is 16.7. The molecule has 2 N–H and O–H groups in total. The van der Waals surface area contributed by atoms with Crippen LogP contribution in [0.3, 0.4) is 0 Å². The maximum absolute atomic E-state index is 12.1. The Morgan fingerprint density at radius 3 is 2.76 bits per heavy atom.